The van der Waals surface area contributed by atoms with E-state index in [1.807, 2.05) is 6.07 Å². The Bertz CT molecular complexity index is 693. The van der Waals surface area contributed by atoms with Gasteiger partial charge in [0.05, 0.1) is 16.5 Å². The predicted molar refractivity (Wildman–Crippen MR) is 84.5 cm³/mol. The zero-order valence-corrected chi connectivity index (χ0v) is 13.5. The Morgan fingerprint density at radius 2 is 2.05 bits per heavy atom. The molecule has 2 rings (SSSR count). The summed E-state index contributed by atoms with van der Waals surface area (Å²) < 4.78 is 27.2. The maximum Gasteiger partial charge on any atom is 0.233 e. The van der Waals surface area contributed by atoms with Gasteiger partial charge in [0.25, 0.3) is 0 Å². The van der Waals surface area contributed by atoms with Gasteiger partial charge in [-0.3, -0.25) is 9.71 Å². The van der Waals surface area contributed by atoms with Gasteiger partial charge < -0.3 is 0 Å². The van der Waals surface area contributed by atoms with Crippen molar-refractivity contribution in [1.29, 1.82) is 0 Å². The Kier molecular flexibility index (Phi) is 5.01. The van der Waals surface area contributed by atoms with Crippen LogP contribution in [0.15, 0.2) is 47.1 Å². The molecule has 0 amide bonds. The van der Waals surface area contributed by atoms with Crippen LogP contribution >= 0.6 is 27.5 Å². The molecule has 106 valence electrons. The molecule has 1 aromatic carbocycles. The van der Waals surface area contributed by atoms with Crippen LogP contribution in [0.3, 0.4) is 0 Å². The van der Waals surface area contributed by atoms with Gasteiger partial charge in [-0.05, 0) is 46.3 Å². The standard InChI is InChI=1S/C13H12BrClN2O2S/c14-12-5-4-11(9-13(12)15)17-20(18,19)8-6-10-3-1-2-7-16-10/h1-5,7,9,17H,6,8H2. The number of anilines is 1. The van der Waals surface area contributed by atoms with Gasteiger partial charge in [0.1, 0.15) is 0 Å². The molecule has 0 saturated carbocycles. The largest absolute Gasteiger partial charge is 0.283 e. The van der Waals surface area contributed by atoms with Gasteiger partial charge in [-0.1, -0.05) is 17.7 Å². The summed E-state index contributed by atoms with van der Waals surface area (Å²) in [7, 11) is -3.43. The first kappa shape index (κ1) is 15.3. The molecule has 0 fully saturated rings. The Balaban J connectivity index is 2.02. The van der Waals surface area contributed by atoms with Gasteiger partial charge in [0.2, 0.25) is 10.0 Å². The minimum Gasteiger partial charge on any atom is -0.283 e. The van der Waals surface area contributed by atoms with Crippen molar-refractivity contribution < 1.29 is 8.42 Å². The monoisotopic (exact) mass is 374 g/mol. The highest BCUT2D eigenvalue weighted by Gasteiger charge is 2.12. The number of sulfonamides is 1. The van der Waals surface area contributed by atoms with Crippen LogP contribution in [0.1, 0.15) is 5.69 Å². The van der Waals surface area contributed by atoms with Gasteiger partial charge in [-0.15, -0.1) is 0 Å². The number of nitrogens with one attached hydrogen (secondary N) is 1. The third-order valence-electron chi connectivity index (χ3n) is 2.55. The van der Waals surface area contributed by atoms with Crippen molar-refractivity contribution in [2.75, 3.05) is 10.5 Å². The summed E-state index contributed by atoms with van der Waals surface area (Å²) in [5.41, 5.74) is 1.19. The fraction of sp³-hybridized carbons (Fsp3) is 0.154. The molecule has 0 atom stereocenters. The van der Waals surface area contributed by atoms with Gasteiger partial charge in [-0.2, -0.15) is 0 Å². The number of benzene rings is 1. The molecule has 2 aromatic rings. The molecule has 20 heavy (non-hydrogen) atoms. The van der Waals surface area contributed by atoms with Crippen molar-refractivity contribution in [2.24, 2.45) is 0 Å². The van der Waals surface area contributed by atoms with E-state index in [4.69, 9.17) is 11.6 Å². The molecule has 1 N–H and O–H groups in total. The lowest BCUT2D eigenvalue weighted by Gasteiger charge is -2.08. The van der Waals surface area contributed by atoms with Crippen LogP contribution in [-0.4, -0.2) is 19.2 Å². The third kappa shape index (κ3) is 4.47. The average molecular weight is 376 g/mol. The Hall–Kier alpha value is -1.11. The first-order chi connectivity index (χ1) is 9.46. The van der Waals surface area contributed by atoms with Gasteiger partial charge in [0, 0.05) is 22.8 Å². The number of aryl methyl sites for hydroxylation is 1. The maximum atomic E-state index is 12.0. The first-order valence-electron chi connectivity index (χ1n) is 5.82. The highest BCUT2D eigenvalue weighted by Crippen LogP contribution is 2.26. The molecule has 0 unspecified atom stereocenters. The second kappa shape index (κ2) is 6.56. The molecule has 1 heterocycles. The fourth-order valence-electron chi connectivity index (χ4n) is 1.58. The number of hydrogen-bond acceptors (Lipinski definition) is 3. The van der Waals surface area contributed by atoms with Crippen LogP contribution in [0, 0.1) is 0 Å². The second-order valence-corrected chi connectivity index (χ2v) is 7.22. The van der Waals surface area contributed by atoms with E-state index in [0.717, 1.165) is 10.2 Å². The summed E-state index contributed by atoms with van der Waals surface area (Å²) >= 11 is 9.18. The zero-order valence-electron chi connectivity index (χ0n) is 10.4. The minimum absolute atomic E-state index is 0.0301. The number of aromatic nitrogens is 1. The molecule has 0 aliphatic carbocycles. The van der Waals surface area contributed by atoms with Crippen molar-refractivity contribution >= 4 is 43.2 Å². The van der Waals surface area contributed by atoms with Crippen LogP contribution in [0.5, 0.6) is 0 Å². The predicted octanol–water partition coefficient (Wildman–Crippen LogP) is 3.48. The molecule has 7 heteroatoms. The Morgan fingerprint density at radius 1 is 1.25 bits per heavy atom. The van der Waals surface area contributed by atoms with Gasteiger partial charge >= 0.3 is 0 Å². The van der Waals surface area contributed by atoms with E-state index in [1.54, 1.807) is 36.5 Å². The fourth-order valence-corrected chi connectivity index (χ4v) is 3.07. The van der Waals surface area contributed by atoms with Crippen LogP contribution in [-0.2, 0) is 16.4 Å². The molecule has 0 bridgehead atoms. The topological polar surface area (TPSA) is 59.1 Å². The molecule has 0 aliphatic rings. The number of halogens is 2. The molecule has 4 nitrogen and oxygen atoms in total. The molecule has 0 aliphatic heterocycles. The number of hydrogen-bond donors (Lipinski definition) is 1. The first-order valence-corrected chi connectivity index (χ1v) is 8.64. The van der Waals surface area contributed by atoms with Gasteiger partial charge in [-0.25, -0.2) is 8.42 Å². The smallest absolute Gasteiger partial charge is 0.233 e. The Labute approximate surface area is 131 Å². The maximum absolute atomic E-state index is 12.0. The molecular formula is C13H12BrClN2O2S. The van der Waals surface area contributed by atoms with E-state index >= 15 is 0 Å². The zero-order chi connectivity index (χ0) is 14.6. The van der Waals surface area contributed by atoms with Crippen LogP contribution in [0.2, 0.25) is 5.02 Å². The summed E-state index contributed by atoms with van der Waals surface area (Å²) in [6.45, 7) is 0. The molecule has 0 spiro atoms. The summed E-state index contributed by atoms with van der Waals surface area (Å²) in [6, 6.07) is 10.3. The highest BCUT2D eigenvalue weighted by atomic mass is 79.9. The lowest BCUT2D eigenvalue weighted by molar-refractivity contribution is 0.600. The van der Waals surface area contributed by atoms with Crippen LogP contribution in [0.4, 0.5) is 5.69 Å². The lowest BCUT2D eigenvalue weighted by atomic mass is 10.3. The van der Waals surface area contributed by atoms with Crippen molar-refractivity contribution in [1.82, 2.24) is 4.98 Å². The lowest BCUT2D eigenvalue weighted by Crippen LogP contribution is -2.18. The molecule has 0 saturated heterocycles. The van der Waals surface area contributed by atoms with E-state index < -0.39 is 10.0 Å². The van der Waals surface area contributed by atoms with E-state index in [0.29, 0.717) is 17.1 Å². The Morgan fingerprint density at radius 3 is 2.70 bits per heavy atom. The normalized spacial score (nSPS) is 11.3. The summed E-state index contributed by atoms with van der Waals surface area (Å²) in [6.07, 6.45) is 2.00. The second-order valence-electron chi connectivity index (χ2n) is 4.12. The number of rotatable bonds is 5. The average Bonchev–Trinajstić information content (AvgIpc) is 2.42. The van der Waals surface area contributed by atoms with E-state index in [1.165, 1.54) is 0 Å². The third-order valence-corrected chi connectivity index (χ3v) is 5.07. The highest BCUT2D eigenvalue weighted by molar-refractivity contribution is 9.10. The molecule has 1 aromatic heterocycles. The quantitative estimate of drug-likeness (QED) is 0.870. The number of pyridine rings is 1. The van der Waals surface area contributed by atoms with E-state index in [2.05, 4.69) is 25.6 Å². The summed E-state index contributed by atoms with van der Waals surface area (Å²) in [4.78, 5) is 4.10. The van der Waals surface area contributed by atoms with Crippen LogP contribution in [0.25, 0.3) is 0 Å². The van der Waals surface area contributed by atoms with Crippen molar-refractivity contribution in [3.8, 4) is 0 Å². The summed E-state index contributed by atoms with van der Waals surface area (Å²) in [5, 5.41) is 0.454. The van der Waals surface area contributed by atoms with Crippen molar-refractivity contribution in [3.63, 3.8) is 0 Å². The van der Waals surface area contributed by atoms with Crippen molar-refractivity contribution in [2.45, 2.75) is 6.42 Å². The van der Waals surface area contributed by atoms with Gasteiger partial charge in [0.15, 0.2) is 0 Å². The number of nitrogens with zero attached hydrogens (tertiary/aromatic N) is 1. The summed E-state index contributed by atoms with van der Waals surface area (Å²) in [5.74, 6) is -0.0301. The molecular weight excluding hydrogens is 364 g/mol. The van der Waals surface area contributed by atoms with Crippen molar-refractivity contribution in [3.05, 3.63) is 57.8 Å². The minimum atomic E-state index is -3.43. The molecule has 0 radical (unpaired) electrons. The van der Waals surface area contributed by atoms with E-state index in [-0.39, 0.29) is 5.75 Å². The van der Waals surface area contributed by atoms with Crippen LogP contribution < -0.4 is 4.72 Å². The SMILES string of the molecule is O=S(=O)(CCc1ccccn1)Nc1ccc(Br)c(Cl)c1. The van der Waals surface area contributed by atoms with E-state index in [9.17, 15) is 8.42 Å².